The Labute approximate surface area is 130 Å². The topological polar surface area (TPSA) is 92.3 Å². The van der Waals surface area contributed by atoms with E-state index in [-0.39, 0.29) is 19.1 Å². The van der Waals surface area contributed by atoms with E-state index in [4.69, 9.17) is 13.6 Å². The number of phosphoric acid groups is 1. The van der Waals surface area contributed by atoms with E-state index < -0.39 is 13.7 Å². The number of fused-ring (bicyclic) bond motifs is 1. The highest BCUT2D eigenvalue weighted by atomic mass is 31.2. The van der Waals surface area contributed by atoms with Gasteiger partial charge in [0.25, 0.3) is 0 Å². The molecular weight excluding hydrogens is 303 g/mol. The minimum Gasteiger partial charge on any atom is -0.404 e. The first kappa shape index (κ1) is 16.8. The molecule has 2 aliphatic rings. The highest BCUT2D eigenvalue weighted by Crippen LogP contribution is 2.55. The summed E-state index contributed by atoms with van der Waals surface area (Å²) in [5.41, 5.74) is 1.28. The number of nitriles is 2. The van der Waals surface area contributed by atoms with Gasteiger partial charge < -0.3 is 4.52 Å². The van der Waals surface area contributed by atoms with E-state index in [2.05, 4.69) is 12.1 Å². The van der Waals surface area contributed by atoms with Crippen LogP contribution in [0.5, 0.6) is 0 Å². The normalized spacial score (nSPS) is 24.3. The molecule has 2 atom stereocenters. The van der Waals surface area contributed by atoms with Crippen LogP contribution in [0.4, 0.5) is 0 Å². The van der Waals surface area contributed by atoms with Crippen LogP contribution in [0.25, 0.3) is 0 Å². The van der Waals surface area contributed by atoms with Crippen molar-refractivity contribution in [3.05, 3.63) is 23.0 Å². The molecule has 7 heteroatoms. The zero-order valence-electron chi connectivity index (χ0n) is 12.7. The van der Waals surface area contributed by atoms with Gasteiger partial charge in [-0.05, 0) is 44.8 Å². The van der Waals surface area contributed by atoms with Crippen LogP contribution in [-0.2, 0) is 18.1 Å². The molecule has 0 saturated heterocycles. The molecule has 0 aromatic heterocycles. The highest BCUT2D eigenvalue weighted by molar-refractivity contribution is 7.48. The van der Waals surface area contributed by atoms with Crippen LogP contribution >= 0.6 is 7.82 Å². The summed E-state index contributed by atoms with van der Waals surface area (Å²) in [6.45, 7) is 3.79. The van der Waals surface area contributed by atoms with Crippen LogP contribution in [0.2, 0.25) is 0 Å². The summed E-state index contributed by atoms with van der Waals surface area (Å²) < 4.78 is 28.4. The van der Waals surface area contributed by atoms with E-state index in [0.717, 1.165) is 24.8 Å². The second kappa shape index (κ2) is 7.11. The fourth-order valence-electron chi connectivity index (χ4n) is 2.96. The van der Waals surface area contributed by atoms with Gasteiger partial charge in [0.15, 0.2) is 0 Å². The first-order valence-electron chi connectivity index (χ1n) is 7.41. The van der Waals surface area contributed by atoms with Crippen molar-refractivity contribution in [3.8, 4) is 12.1 Å². The van der Waals surface area contributed by atoms with Crippen molar-refractivity contribution in [1.82, 2.24) is 0 Å². The van der Waals surface area contributed by atoms with Gasteiger partial charge in [0.1, 0.15) is 5.76 Å². The molecule has 6 nitrogen and oxygen atoms in total. The summed E-state index contributed by atoms with van der Waals surface area (Å²) in [4.78, 5) is 0. The van der Waals surface area contributed by atoms with Crippen molar-refractivity contribution in [2.75, 3.05) is 13.2 Å². The zero-order chi connectivity index (χ0) is 16.2. The van der Waals surface area contributed by atoms with Crippen LogP contribution < -0.4 is 0 Å². The van der Waals surface area contributed by atoms with E-state index in [1.165, 1.54) is 6.08 Å². The van der Waals surface area contributed by atoms with E-state index in [9.17, 15) is 15.1 Å². The molecule has 0 spiro atoms. The van der Waals surface area contributed by atoms with Gasteiger partial charge in [0.05, 0.1) is 36.8 Å². The number of allylic oxidation sites excluding steroid dienone is 3. The van der Waals surface area contributed by atoms with E-state index in [1.54, 1.807) is 13.8 Å². The molecule has 1 fully saturated rings. The second-order valence-electron chi connectivity index (χ2n) is 5.08. The lowest BCUT2D eigenvalue weighted by Crippen LogP contribution is -2.19. The predicted molar refractivity (Wildman–Crippen MR) is 79.1 cm³/mol. The summed E-state index contributed by atoms with van der Waals surface area (Å²) in [7, 11) is -3.70. The SMILES string of the molecule is CCOP(=O)(OCC)OC1=C2CCC[C@@H]2[C@H](C#N)C(C#N)=C1. The van der Waals surface area contributed by atoms with Gasteiger partial charge in [-0.3, -0.25) is 9.05 Å². The molecule has 0 aliphatic heterocycles. The molecule has 0 amide bonds. The Bertz CT molecular complexity index is 616. The molecule has 2 aliphatic carbocycles. The fourth-order valence-corrected chi connectivity index (χ4v) is 4.18. The lowest BCUT2D eigenvalue weighted by molar-refractivity contribution is 0.146. The summed E-state index contributed by atoms with van der Waals surface area (Å²) >= 11 is 0. The van der Waals surface area contributed by atoms with Crippen molar-refractivity contribution in [2.24, 2.45) is 11.8 Å². The fraction of sp³-hybridized carbons (Fsp3) is 0.600. The van der Waals surface area contributed by atoms with Crippen molar-refractivity contribution in [1.29, 1.82) is 10.5 Å². The summed E-state index contributed by atoms with van der Waals surface area (Å²) in [6.07, 6.45) is 4.03. The quantitative estimate of drug-likeness (QED) is 0.690. The molecule has 0 aromatic carbocycles. The Hall–Kier alpha value is -1.59. The maximum absolute atomic E-state index is 12.5. The highest BCUT2D eigenvalue weighted by Gasteiger charge is 2.40. The Morgan fingerprint density at radius 2 is 2.00 bits per heavy atom. The van der Waals surface area contributed by atoms with Gasteiger partial charge in [-0.2, -0.15) is 10.5 Å². The third kappa shape index (κ3) is 3.25. The number of rotatable bonds is 6. The van der Waals surface area contributed by atoms with Gasteiger partial charge in [0.2, 0.25) is 0 Å². The van der Waals surface area contributed by atoms with Crippen LogP contribution in [-0.4, -0.2) is 13.2 Å². The molecule has 0 unspecified atom stereocenters. The third-order valence-electron chi connectivity index (χ3n) is 3.80. The number of hydrogen-bond donors (Lipinski definition) is 0. The number of phosphoric ester groups is 1. The Balaban J connectivity index is 2.37. The average molecular weight is 322 g/mol. The van der Waals surface area contributed by atoms with Crippen molar-refractivity contribution >= 4 is 7.82 Å². The molecule has 118 valence electrons. The summed E-state index contributed by atoms with van der Waals surface area (Å²) in [5, 5.41) is 18.6. The van der Waals surface area contributed by atoms with Gasteiger partial charge in [-0.15, -0.1) is 0 Å². The Kier molecular flexibility index (Phi) is 5.42. The van der Waals surface area contributed by atoms with Crippen LogP contribution in [0.15, 0.2) is 23.0 Å². The largest absolute Gasteiger partial charge is 0.530 e. The Morgan fingerprint density at radius 1 is 1.32 bits per heavy atom. The standard InChI is InChI=1S/C15H19N2O4P/c1-3-19-22(18,20-4-2)21-15-8-11(9-16)14(10-17)12-6-5-7-13(12)15/h8,12,14H,3-7H2,1-2H3/t12-,14+/m0/s1. The first-order chi connectivity index (χ1) is 10.6. The molecule has 0 aromatic rings. The van der Waals surface area contributed by atoms with Crippen LogP contribution in [0, 0.1) is 34.5 Å². The molecule has 0 radical (unpaired) electrons. The van der Waals surface area contributed by atoms with Crippen molar-refractivity contribution < 1.29 is 18.1 Å². The minimum atomic E-state index is -3.70. The molecular formula is C15H19N2O4P. The molecule has 22 heavy (non-hydrogen) atoms. The average Bonchev–Trinajstić information content (AvgIpc) is 2.96. The summed E-state index contributed by atoms with van der Waals surface area (Å²) in [6, 6.07) is 4.25. The minimum absolute atomic E-state index is 0.0450. The lowest BCUT2D eigenvalue weighted by atomic mass is 9.79. The van der Waals surface area contributed by atoms with E-state index in [1.807, 2.05) is 0 Å². The Morgan fingerprint density at radius 3 is 2.55 bits per heavy atom. The van der Waals surface area contributed by atoms with Crippen molar-refractivity contribution in [2.45, 2.75) is 33.1 Å². The summed E-state index contributed by atoms with van der Waals surface area (Å²) in [5.74, 6) is -0.124. The second-order valence-corrected chi connectivity index (χ2v) is 6.67. The van der Waals surface area contributed by atoms with Gasteiger partial charge in [0, 0.05) is 5.92 Å². The van der Waals surface area contributed by atoms with Crippen LogP contribution in [0.3, 0.4) is 0 Å². The first-order valence-corrected chi connectivity index (χ1v) is 8.87. The lowest BCUT2D eigenvalue weighted by Gasteiger charge is -2.27. The van der Waals surface area contributed by atoms with E-state index >= 15 is 0 Å². The maximum Gasteiger partial charge on any atom is 0.530 e. The van der Waals surface area contributed by atoms with Crippen LogP contribution in [0.1, 0.15) is 33.1 Å². The van der Waals surface area contributed by atoms with Gasteiger partial charge in [-0.25, -0.2) is 4.57 Å². The molecule has 0 N–H and O–H groups in total. The molecule has 0 heterocycles. The monoisotopic (exact) mass is 322 g/mol. The molecule has 2 rings (SSSR count). The maximum atomic E-state index is 12.5. The number of nitrogens with zero attached hydrogens (tertiary/aromatic N) is 2. The van der Waals surface area contributed by atoms with Crippen molar-refractivity contribution in [3.63, 3.8) is 0 Å². The zero-order valence-corrected chi connectivity index (χ0v) is 13.6. The van der Waals surface area contributed by atoms with E-state index in [0.29, 0.717) is 11.3 Å². The third-order valence-corrected chi connectivity index (χ3v) is 5.37. The van der Waals surface area contributed by atoms with Gasteiger partial charge >= 0.3 is 7.82 Å². The predicted octanol–water partition coefficient (Wildman–Crippen LogP) is 3.84. The van der Waals surface area contributed by atoms with Gasteiger partial charge in [-0.1, -0.05) is 0 Å². The number of hydrogen-bond acceptors (Lipinski definition) is 6. The molecule has 1 saturated carbocycles. The molecule has 0 bridgehead atoms. The smallest absolute Gasteiger partial charge is 0.404 e.